The van der Waals surface area contributed by atoms with Crippen LogP contribution in [0.15, 0.2) is 70.2 Å². The zero-order chi connectivity index (χ0) is 24.5. The van der Waals surface area contributed by atoms with Gasteiger partial charge in [-0.1, -0.05) is 22.0 Å². The summed E-state index contributed by atoms with van der Waals surface area (Å²) >= 11 is 3.39. The van der Waals surface area contributed by atoms with Gasteiger partial charge in [0.05, 0.1) is 18.4 Å². The van der Waals surface area contributed by atoms with Crippen molar-refractivity contribution in [2.45, 2.75) is 20.8 Å². The molecule has 0 aliphatic carbocycles. The Labute approximate surface area is 206 Å². The van der Waals surface area contributed by atoms with Crippen molar-refractivity contribution in [2.75, 3.05) is 13.2 Å². The van der Waals surface area contributed by atoms with E-state index in [2.05, 4.69) is 26.5 Å². The molecule has 0 aliphatic heterocycles. The first kappa shape index (κ1) is 25.0. The summed E-state index contributed by atoms with van der Waals surface area (Å²) in [5.74, 6) is 0.639. The van der Waals surface area contributed by atoms with Crippen molar-refractivity contribution in [3.05, 3.63) is 87.4 Å². The summed E-state index contributed by atoms with van der Waals surface area (Å²) < 4.78 is 17.2. The van der Waals surface area contributed by atoms with Crippen LogP contribution in [0.2, 0.25) is 0 Å². The Kier molecular flexibility index (Phi) is 8.81. The number of amides is 1. The zero-order valence-electron chi connectivity index (χ0n) is 19.1. The number of hydrogen-bond donors (Lipinski definition) is 1. The van der Waals surface area contributed by atoms with Crippen molar-refractivity contribution in [1.82, 2.24) is 5.43 Å². The van der Waals surface area contributed by atoms with Crippen molar-refractivity contribution in [1.29, 1.82) is 0 Å². The number of rotatable bonds is 9. The molecule has 0 radical (unpaired) electrons. The predicted octanol–water partition coefficient (Wildman–Crippen LogP) is 5.21. The number of halogens is 1. The summed E-state index contributed by atoms with van der Waals surface area (Å²) in [6, 6.07) is 17.4. The van der Waals surface area contributed by atoms with E-state index in [1.807, 2.05) is 39.0 Å². The van der Waals surface area contributed by atoms with Gasteiger partial charge < -0.3 is 14.2 Å². The quantitative estimate of drug-likeness (QED) is 0.179. The summed E-state index contributed by atoms with van der Waals surface area (Å²) in [7, 11) is 0. The molecule has 0 aliphatic rings. The van der Waals surface area contributed by atoms with E-state index >= 15 is 0 Å². The summed E-state index contributed by atoms with van der Waals surface area (Å²) in [5.41, 5.74) is 5.53. The topological polar surface area (TPSA) is 86.2 Å². The maximum Gasteiger partial charge on any atom is 0.343 e. The number of nitrogens with zero attached hydrogens (tertiary/aromatic N) is 1. The molecule has 0 saturated heterocycles. The van der Waals surface area contributed by atoms with E-state index in [0.29, 0.717) is 35.0 Å². The number of aryl methyl sites for hydroxylation is 2. The molecule has 0 heterocycles. The molecule has 34 heavy (non-hydrogen) atoms. The van der Waals surface area contributed by atoms with Crippen LogP contribution in [0.1, 0.15) is 34.0 Å². The van der Waals surface area contributed by atoms with Crippen LogP contribution in [0, 0.1) is 13.8 Å². The first-order valence-electron chi connectivity index (χ1n) is 10.6. The number of esters is 1. The largest absolute Gasteiger partial charge is 0.494 e. The normalized spacial score (nSPS) is 10.7. The van der Waals surface area contributed by atoms with Crippen LogP contribution in [0.3, 0.4) is 0 Å². The summed E-state index contributed by atoms with van der Waals surface area (Å²) in [4.78, 5) is 24.7. The third-order valence-electron chi connectivity index (χ3n) is 4.82. The molecule has 7 nitrogen and oxygen atoms in total. The van der Waals surface area contributed by atoms with E-state index in [-0.39, 0.29) is 6.61 Å². The van der Waals surface area contributed by atoms with Crippen molar-refractivity contribution in [2.24, 2.45) is 5.10 Å². The van der Waals surface area contributed by atoms with Crippen LogP contribution in [0.25, 0.3) is 0 Å². The molecule has 8 heteroatoms. The molecule has 3 aromatic carbocycles. The van der Waals surface area contributed by atoms with Gasteiger partial charge in [0.2, 0.25) is 0 Å². The molecule has 1 amide bonds. The van der Waals surface area contributed by atoms with Gasteiger partial charge >= 0.3 is 5.97 Å². The minimum absolute atomic E-state index is 0.183. The number of carbonyl (C=O) groups excluding carboxylic acids is 2. The molecule has 0 saturated carbocycles. The fraction of sp³-hybridized carbons (Fsp3) is 0.192. The van der Waals surface area contributed by atoms with Crippen LogP contribution in [0.4, 0.5) is 0 Å². The van der Waals surface area contributed by atoms with Gasteiger partial charge in [0.15, 0.2) is 6.61 Å². The second kappa shape index (κ2) is 12.0. The Hall–Kier alpha value is -3.65. The van der Waals surface area contributed by atoms with Gasteiger partial charge in [0.1, 0.15) is 17.2 Å². The maximum absolute atomic E-state index is 12.6. The van der Waals surface area contributed by atoms with Crippen molar-refractivity contribution < 1.29 is 23.8 Å². The van der Waals surface area contributed by atoms with Gasteiger partial charge in [-0.3, -0.25) is 4.79 Å². The average Bonchev–Trinajstić information content (AvgIpc) is 2.82. The van der Waals surface area contributed by atoms with Gasteiger partial charge in [-0.15, -0.1) is 0 Å². The monoisotopic (exact) mass is 524 g/mol. The third-order valence-corrected chi connectivity index (χ3v) is 5.31. The van der Waals surface area contributed by atoms with Gasteiger partial charge in [-0.25, -0.2) is 10.2 Å². The molecular formula is C26H25BrN2O5. The zero-order valence-corrected chi connectivity index (χ0v) is 20.7. The Bertz CT molecular complexity index is 1190. The molecule has 0 unspecified atom stereocenters. The molecule has 176 valence electrons. The molecule has 0 fully saturated rings. The van der Waals surface area contributed by atoms with E-state index in [9.17, 15) is 9.59 Å². The highest BCUT2D eigenvalue weighted by Crippen LogP contribution is 2.23. The molecule has 3 aromatic rings. The SMILES string of the molecule is CCOc1ccc(C(=O)Oc2ccc(Br)cc2C=NNC(=O)COc2ccc(C)c(C)c2)cc1. The number of nitrogens with one attached hydrogen (secondary N) is 1. The first-order valence-corrected chi connectivity index (χ1v) is 11.4. The van der Waals surface area contributed by atoms with Gasteiger partial charge in [-0.2, -0.15) is 5.10 Å². The smallest absolute Gasteiger partial charge is 0.343 e. The molecule has 0 atom stereocenters. The van der Waals surface area contributed by atoms with E-state index in [0.717, 1.165) is 15.6 Å². The lowest BCUT2D eigenvalue weighted by Gasteiger charge is -2.09. The van der Waals surface area contributed by atoms with Gasteiger partial charge in [0, 0.05) is 10.0 Å². The predicted molar refractivity (Wildman–Crippen MR) is 134 cm³/mol. The van der Waals surface area contributed by atoms with Crippen LogP contribution in [-0.4, -0.2) is 31.3 Å². The van der Waals surface area contributed by atoms with Crippen LogP contribution in [0.5, 0.6) is 17.2 Å². The van der Waals surface area contributed by atoms with Crippen LogP contribution >= 0.6 is 15.9 Å². The summed E-state index contributed by atoms with van der Waals surface area (Å²) in [6.07, 6.45) is 1.40. The van der Waals surface area contributed by atoms with Crippen LogP contribution < -0.4 is 19.6 Å². The standard InChI is InChI=1S/C26H25BrN2O5/c1-4-32-22-10-6-19(7-11-22)26(31)34-24-12-8-21(27)14-20(24)15-28-29-25(30)16-33-23-9-5-17(2)18(3)13-23/h5-15H,4,16H2,1-3H3,(H,29,30). The Morgan fingerprint density at radius 2 is 1.68 bits per heavy atom. The van der Waals surface area contributed by atoms with Crippen molar-refractivity contribution >= 4 is 34.0 Å². The highest BCUT2D eigenvalue weighted by molar-refractivity contribution is 9.10. The van der Waals surface area contributed by atoms with E-state index < -0.39 is 11.9 Å². The molecular weight excluding hydrogens is 500 g/mol. The number of ether oxygens (including phenoxy) is 3. The number of benzene rings is 3. The molecule has 3 rings (SSSR count). The van der Waals surface area contributed by atoms with Crippen molar-refractivity contribution in [3.63, 3.8) is 0 Å². The lowest BCUT2D eigenvalue weighted by atomic mass is 10.1. The van der Waals surface area contributed by atoms with Crippen LogP contribution in [-0.2, 0) is 4.79 Å². The third kappa shape index (κ3) is 7.18. The fourth-order valence-electron chi connectivity index (χ4n) is 2.88. The Balaban J connectivity index is 1.60. The number of hydrogen-bond acceptors (Lipinski definition) is 6. The average molecular weight is 525 g/mol. The highest BCUT2D eigenvalue weighted by Gasteiger charge is 2.12. The minimum Gasteiger partial charge on any atom is -0.494 e. The van der Waals surface area contributed by atoms with Gasteiger partial charge in [-0.05, 0) is 86.5 Å². The number of hydrazone groups is 1. The summed E-state index contributed by atoms with van der Waals surface area (Å²) in [5, 5.41) is 3.97. The van der Waals surface area contributed by atoms with E-state index in [4.69, 9.17) is 14.2 Å². The second-order valence-electron chi connectivity index (χ2n) is 7.36. The molecule has 0 spiro atoms. The van der Waals surface area contributed by atoms with E-state index in [1.54, 1.807) is 42.5 Å². The van der Waals surface area contributed by atoms with E-state index in [1.165, 1.54) is 6.21 Å². The molecule has 0 aromatic heterocycles. The highest BCUT2D eigenvalue weighted by atomic mass is 79.9. The fourth-order valence-corrected chi connectivity index (χ4v) is 3.26. The van der Waals surface area contributed by atoms with Gasteiger partial charge in [0.25, 0.3) is 5.91 Å². The maximum atomic E-state index is 12.6. The Morgan fingerprint density at radius 1 is 0.941 bits per heavy atom. The minimum atomic E-state index is -0.522. The molecule has 0 bridgehead atoms. The lowest BCUT2D eigenvalue weighted by Crippen LogP contribution is -2.24. The second-order valence-corrected chi connectivity index (χ2v) is 8.27. The lowest BCUT2D eigenvalue weighted by molar-refractivity contribution is -0.123. The molecule has 1 N–H and O–H groups in total. The number of carbonyl (C=O) groups is 2. The summed E-state index contributed by atoms with van der Waals surface area (Å²) in [6.45, 7) is 6.23. The Morgan fingerprint density at radius 3 is 2.38 bits per heavy atom. The first-order chi connectivity index (χ1) is 16.4. The van der Waals surface area contributed by atoms with Crippen molar-refractivity contribution in [3.8, 4) is 17.2 Å².